The van der Waals surface area contributed by atoms with E-state index >= 15 is 0 Å². The molecule has 0 saturated heterocycles. The van der Waals surface area contributed by atoms with Crippen LogP contribution in [0, 0.1) is 0 Å². The van der Waals surface area contributed by atoms with Crippen molar-refractivity contribution in [1.82, 2.24) is 5.32 Å². The van der Waals surface area contributed by atoms with Gasteiger partial charge in [0.1, 0.15) is 0 Å². The third kappa shape index (κ3) is 38.1. The first-order chi connectivity index (χ1) is 25.8. The Morgan fingerprint density at radius 2 is 0.906 bits per heavy atom. The van der Waals surface area contributed by atoms with Crippen LogP contribution in [0.15, 0.2) is 0 Å². The predicted octanol–water partition coefficient (Wildman–Crippen LogP) is 11.6. The predicted molar refractivity (Wildman–Crippen MR) is 223 cm³/mol. The van der Waals surface area contributed by atoms with E-state index in [1.54, 1.807) is 0 Å². The van der Waals surface area contributed by atoms with Crippen LogP contribution in [-0.4, -0.2) is 59.0 Å². The zero-order chi connectivity index (χ0) is 39.1. The van der Waals surface area contributed by atoms with Crippen molar-refractivity contribution >= 4 is 13.7 Å². The van der Waals surface area contributed by atoms with Gasteiger partial charge in [-0.1, -0.05) is 213 Å². The molecule has 0 bridgehead atoms. The van der Waals surface area contributed by atoms with Gasteiger partial charge in [-0.05, 0) is 12.8 Å². The third-order valence-electron chi connectivity index (χ3n) is 10.5. The lowest BCUT2D eigenvalue weighted by Gasteiger charge is -2.25. The Hall–Kier alpha value is -0.540. The number of hydrogen-bond acceptors (Lipinski definition) is 7. The van der Waals surface area contributed by atoms with Gasteiger partial charge in [0.15, 0.2) is 0 Å². The lowest BCUT2D eigenvalue weighted by atomic mass is 10.0. The highest BCUT2D eigenvalue weighted by atomic mass is 31.2. The number of aliphatic hydroxyl groups is 2. The molecule has 0 fully saturated rings. The van der Waals surface area contributed by atoms with Gasteiger partial charge in [0, 0.05) is 6.54 Å². The Labute approximate surface area is 327 Å². The van der Waals surface area contributed by atoms with Crippen LogP contribution in [0.5, 0.6) is 0 Å². The minimum Gasteiger partial charge on any atom is -0.393 e. The van der Waals surface area contributed by atoms with Crippen molar-refractivity contribution in [3.8, 4) is 0 Å². The van der Waals surface area contributed by atoms with E-state index in [1.165, 1.54) is 161 Å². The number of aliphatic hydroxyl groups excluding tert-OH is 2. The van der Waals surface area contributed by atoms with Crippen molar-refractivity contribution in [2.24, 2.45) is 5.73 Å². The number of unbranched alkanes of at least 4 members (excludes halogenated alkanes) is 29. The summed E-state index contributed by atoms with van der Waals surface area (Å²) < 4.78 is 22.2. The molecule has 0 aliphatic rings. The fourth-order valence-electron chi connectivity index (χ4n) is 7.06. The summed E-state index contributed by atoms with van der Waals surface area (Å²) in [6.07, 6.45) is 38.5. The second-order valence-electron chi connectivity index (χ2n) is 15.8. The zero-order valence-electron chi connectivity index (χ0n) is 34.9. The molecule has 0 aromatic heterocycles. The number of nitrogens with two attached hydrogens (primary N) is 1. The molecule has 9 nitrogen and oxygen atoms in total. The Morgan fingerprint density at radius 3 is 1.26 bits per heavy atom. The number of rotatable bonds is 43. The fraction of sp³-hybridized carbons (Fsp3) is 0.977. The van der Waals surface area contributed by atoms with Gasteiger partial charge in [0.2, 0.25) is 5.91 Å². The van der Waals surface area contributed by atoms with Crippen LogP contribution in [0.1, 0.15) is 232 Å². The standard InChI is InChI=1S/C43H89N2O7P/c1-3-5-7-9-11-13-15-17-19-20-21-23-25-27-29-31-33-35-42(47)41(39-52-53(49,50)51-37-36-44)45-43(48)38-40(46)34-32-30-28-26-24-22-18-16-14-12-10-8-6-4-2/h40-42,46-47H,3-39,44H2,1-2H3,(H,45,48)(H,49,50). The highest BCUT2D eigenvalue weighted by Crippen LogP contribution is 2.43. The normalized spacial score (nSPS) is 14.6. The van der Waals surface area contributed by atoms with Crippen molar-refractivity contribution in [2.75, 3.05) is 19.8 Å². The van der Waals surface area contributed by atoms with E-state index in [9.17, 15) is 24.5 Å². The van der Waals surface area contributed by atoms with Gasteiger partial charge < -0.3 is 26.2 Å². The van der Waals surface area contributed by atoms with Crippen LogP contribution < -0.4 is 11.1 Å². The van der Waals surface area contributed by atoms with Crippen LogP contribution in [0.3, 0.4) is 0 Å². The maximum Gasteiger partial charge on any atom is 0.472 e. The first-order valence-corrected chi connectivity index (χ1v) is 24.2. The first-order valence-electron chi connectivity index (χ1n) is 22.7. The van der Waals surface area contributed by atoms with Gasteiger partial charge in [-0.2, -0.15) is 0 Å². The van der Waals surface area contributed by atoms with Crippen molar-refractivity contribution in [1.29, 1.82) is 0 Å². The molecule has 1 amide bonds. The lowest BCUT2D eigenvalue weighted by molar-refractivity contribution is -0.125. The van der Waals surface area contributed by atoms with E-state index in [1.807, 2.05) is 0 Å². The SMILES string of the molecule is CCCCCCCCCCCCCCCCCCCC(O)C(COP(=O)(O)OCCN)NC(=O)CC(O)CCCCCCCCCCCCCCCC. The summed E-state index contributed by atoms with van der Waals surface area (Å²) in [6.45, 7) is 4.07. The number of hydrogen-bond donors (Lipinski definition) is 5. The minimum atomic E-state index is -4.37. The van der Waals surface area contributed by atoms with Crippen molar-refractivity contribution in [3.05, 3.63) is 0 Å². The number of amides is 1. The largest absolute Gasteiger partial charge is 0.472 e. The maximum absolute atomic E-state index is 12.8. The van der Waals surface area contributed by atoms with Crippen LogP contribution in [0.4, 0.5) is 0 Å². The monoisotopic (exact) mass is 777 g/mol. The van der Waals surface area contributed by atoms with E-state index in [4.69, 9.17) is 14.8 Å². The van der Waals surface area contributed by atoms with Crippen molar-refractivity contribution in [3.63, 3.8) is 0 Å². The highest BCUT2D eigenvalue weighted by Gasteiger charge is 2.28. The summed E-state index contributed by atoms with van der Waals surface area (Å²) in [7, 11) is -4.37. The molecule has 0 saturated carbocycles. The molecule has 318 valence electrons. The molecule has 0 heterocycles. The lowest BCUT2D eigenvalue weighted by Crippen LogP contribution is -2.47. The third-order valence-corrected chi connectivity index (χ3v) is 11.5. The molecule has 0 spiro atoms. The summed E-state index contributed by atoms with van der Waals surface area (Å²) in [5.41, 5.74) is 5.37. The van der Waals surface area contributed by atoms with Crippen LogP contribution in [-0.2, 0) is 18.4 Å². The Kier molecular flexibility index (Phi) is 39.3. The summed E-state index contributed by atoms with van der Waals surface area (Å²) in [5.74, 6) is -0.409. The van der Waals surface area contributed by atoms with Gasteiger partial charge in [0.25, 0.3) is 0 Å². The number of nitrogens with one attached hydrogen (secondary N) is 1. The van der Waals surface area contributed by atoms with E-state index in [0.29, 0.717) is 12.8 Å². The highest BCUT2D eigenvalue weighted by molar-refractivity contribution is 7.47. The molecule has 0 radical (unpaired) electrons. The number of carbonyl (C=O) groups is 1. The quantitative estimate of drug-likeness (QED) is 0.0303. The molecule has 10 heteroatoms. The molecule has 53 heavy (non-hydrogen) atoms. The summed E-state index contributed by atoms with van der Waals surface area (Å²) in [4.78, 5) is 22.8. The second kappa shape index (κ2) is 39.7. The molecule has 0 aliphatic heterocycles. The van der Waals surface area contributed by atoms with Crippen molar-refractivity contribution < 1.29 is 33.5 Å². The van der Waals surface area contributed by atoms with Crippen LogP contribution in [0.25, 0.3) is 0 Å². The average Bonchev–Trinajstić information content (AvgIpc) is 3.13. The maximum atomic E-state index is 12.8. The molecular formula is C43H89N2O7P. The molecule has 4 unspecified atom stereocenters. The molecule has 4 atom stereocenters. The molecule has 0 aromatic carbocycles. The van der Waals surface area contributed by atoms with Gasteiger partial charge in [-0.3, -0.25) is 13.8 Å². The minimum absolute atomic E-state index is 0.0627. The van der Waals surface area contributed by atoms with Gasteiger partial charge in [-0.25, -0.2) is 4.57 Å². The fourth-order valence-corrected chi connectivity index (χ4v) is 7.82. The van der Waals surface area contributed by atoms with Gasteiger partial charge in [-0.15, -0.1) is 0 Å². The van der Waals surface area contributed by atoms with E-state index in [0.717, 1.165) is 38.5 Å². The molecule has 0 rings (SSSR count). The van der Waals surface area contributed by atoms with E-state index in [2.05, 4.69) is 19.2 Å². The van der Waals surface area contributed by atoms with Gasteiger partial charge in [0.05, 0.1) is 37.9 Å². The topological polar surface area (TPSA) is 151 Å². The number of phosphoric ester groups is 1. The van der Waals surface area contributed by atoms with Crippen LogP contribution in [0.2, 0.25) is 0 Å². The molecular weight excluding hydrogens is 687 g/mol. The molecule has 0 aromatic rings. The van der Waals surface area contributed by atoms with E-state index < -0.39 is 32.0 Å². The smallest absolute Gasteiger partial charge is 0.393 e. The van der Waals surface area contributed by atoms with Crippen molar-refractivity contribution in [2.45, 2.75) is 250 Å². The molecule has 0 aliphatic carbocycles. The number of carbonyl (C=O) groups excluding carboxylic acids is 1. The second-order valence-corrected chi connectivity index (χ2v) is 17.3. The van der Waals surface area contributed by atoms with E-state index in [-0.39, 0.29) is 26.2 Å². The number of phosphoric acid groups is 1. The Balaban J connectivity index is 4.22. The first kappa shape index (κ1) is 52.5. The van der Waals surface area contributed by atoms with Gasteiger partial charge >= 0.3 is 7.82 Å². The Morgan fingerprint density at radius 1 is 0.566 bits per heavy atom. The average molecular weight is 777 g/mol. The summed E-state index contributed by atoms with van der Waals surface area (Å²) in [5, 5.41) is 24.2. The Bertz CT molecular complexity index is 822. The zero-order valence-corrected chi connectivity index (χ0v) is 35.8. The summed E-state index contributed by atoms with van der Waals surface area (Å²) in [6, 6.07) is -0.890. The molecule has 6 N–H and O–H groups in total. The van der Waals surface area contributed by atoms with Crippen LogP contribution >= 0.6 is 7.82 Å². The summed E-state index contributed by atoms with van der Waals surface area (Å²) >= 11 is 0.